The van der Waals surface area contributed by atoms with Gasteiger partial charge in [0.05, 0.1) is 6.10 Å². The second-order valence-corrected chi connectivity index (χ2v) is 2.60. The summed E-state index contributed by atoms with van der Waals surface area (Å²) in [6.07, 6.45) is 1.74. The summed E-state index contributed by atoms with van der Waals surface area (Å²) >= 11 is 0. The zero-order valence-electron chi connectivity index (χ0n) is 8.60. The predicted molar refractivity (Wildman–Crippen MR) is 52.9 cm³/mol. The van der Waals surface area contributed by atoms with Crippen LogP contribution in [0.5, 0.6) is 0 Å². The Labute approximate surface area is 88.3 Å². The third kappa shape index (κ3) is 7.45. The van der Waals surface area contributed by atoms with Crippen LogP contribution in [0.3, 0.4) is 0 Å². The van der Waals surface area contributed by atoms with Gasteiger partial charge in [0, 0.05) is 12.2 Å². The maximum absolute atomic E-state index is 10.7. The number of ether oxygens (including phenoxy) is 3. The van der Waals surface area contributed by atoms with E-state index in [1.54, 1.807) is 6.92 Å². The van der Waals surface area contributed by atoms with Crippen molar-refractivity contribution < 1.29 is 23.8 Å². The zero-order valence-corrected chi connectivity index (χ0v) is 8.60. The Bertz CT molecular complexity index is 246. The fraction of sp³-hybridized carbons (Fsp3) is 0.400. The van der Waals surface area contributed by atoms with Crippen LogP contribution in [0.1, 0.15) is 6.92 Å². The molecule has 0 aliphatic carbocycles. The number of rotatable bonds is 7. The SMILES string of the molecule is C=CC(=O)OCOC(C)COC(=O)C=C. The van der Waals surface area contributed by atoms with Gasteiger partial charge in [-0.05, 0) is 6.92 Å². The van der Waals surface area contributed by atoms with E-state index in [1.165, 1.54) is 0 Å². The van der Waals surface area contributed by atoms with Gasteiger partial charge in [-0.1, -0.05) is 13.2 Å². The van der Waals surface area contributed by atoms with Crippen LogP contribution in [0.2, 0.25) is 0 Å². The summed E-state index contributed by atoms with van der Waals surface area (Å²) in [4.78, 5) is 21.2. The second-order valence-electron chi connectivity index (χ2n) is 2.60. The van der Waals surface area contributed by atoms with Crippen LogP contribution in [-0.2, 0) is 23.8 Å². The van der Waals surface area contributed by atoms with Crippen molar-refractivity contribution in [3.8, 4) is 0 Å². The first-order chi connectivity index (χ1) is 7.10. The van der Waals surface area contributed by atoms with Crippen molar-refractivity contribution in [3.63, 3.8) is 0 Å². The van der Waals surface area contributed by atoms with Gasteiger partial charge < -0.3 is 14.2 Å². The minimum Gasteiger partial charge on any atom is -0.460 e. The number of esters is 2. The molecule has 84 valence electrons. The van der Waals surface area contributed by atoms with Gasteiger partial charge in [0.2, 0.25) is 0 Å². The average Bonchev–Trinajstić information content (AvgIpc) is 2.25. The Morgan fingerprint density at radius 3 is 2.27 bits per heavy atom. The first kappa shape index (κ1) is 13.4. The molecule has 0 spiro atoms. The molecule has 15 heavy (non-hydrogen) atoms. The highest BCUT2D eigenvalue weighted by Crippen LogP contribution is 1.94. The first-order valence-electron chi connectivity index (χ1n) is 4.30. The minimum absolute atomic E-state index is 0.0799. The second kappa shape index (κ2) is 7.75. The van der Waals surface area contributed by atoms with Crippen LogP contribution in [-0.4, -0.2) is 31.4 Å². The number of carbonyl (C=O) groups excluding carboxylic acids is 2. The van der Waals surface area contributed by atoms with Crippen molar-refractivity contribution in [2.45, 2.75) is 13.0 Å². The summed E-state index contributed by atoms with van der Waals surface area (Å²) in [6, 6.07) is 0. The maximum Gasteiger partial charge on any atom is 0.332 e. The lowest BCUT2D eigenvalue weighted by atomic mass is 10.4. The van der Waals surface area contributed by atoms with Crippen LogP contribution in [0.15, 0.2) is 25.3 Å². The van der Waals surface area contributed by atoms with Crippen molar-refractivity contribution in [1.29, 1.82) is 0 Å². The largest absolute Gasteiger partial charge is 0.460 e. The van der Waals surface area contributed by atoms with Crippen LogP contribution < -0.4 is 0 Å². The molecular formula is C10H14O5. The Morgan fingerprint density at radius 2 is 1.73 bits per heavy atom. The molecule has 0 aliphatic heterocycles. The smallest absolute Gasteiger partial charge is 0.332 e. The highest BCUT2D eigenvalue weighted by atomic mass is 16.7. The van der Waals surface area contributed by atoms with Gasteiger partial charge in [-0.15, -0.1) is 0 Å². The van der Waals surface area contributed by atoms with E-state index in [9.17, 15) is 9.59 Å². The molecule has 0 radical (unpaired) electrons. The number of hydrogen-bond acceptors (Lipinski definition) is 5. The molecule has 0 amide bonds. The van der Waals surface area contributed by atoms with Gasteiger partial charge in [0.1, 0.15) is 6.61 Å². The molecule has 1 atom stereocenters. The van der Waals surface area contributed by atoms with Gasteiger partial charge in [-0.3, -0.25) is 0 Å². The van der Waals surface area contributed by atoms with E-state index < -0.39 is 11.9 Å². The fourth-order valence-corrected chi connectivity index (χ4v) is 0.574. The molecule has 0 heterocycles. The van der Waals surface area contributed by atoms with Crippen LogP contribution >= 0.6 is 0 Å². The Hall–Kier alpha value is -1.62. The van der Waals surface area contributed by atoms with E-state index in [0.29, 0.717) is 0 Å². The monoisotopic (exact) mass is 214 g/mol. The van der Waals surface area contributed by atoms with E-state index in [-0.39, 0.29) is 19.5 Å². The molecule has 0 saturated carbocycles. The number of hydrogen-bond donors (Lipinski definition) is 0. The van der Waals surface area contributed by atoms with Crippen molar-refractivity contribution in [2.75, 3.05) is 13.4 Å². The standard InChI is InChI=1S/C10H14O5/c1-4-9(11)13-6-8(3)14-7-15-10(12)5-2/h4-5,8H,1-2,6-7H2,3H3. The van der Waals surface area contributed by atoms with Gasteiger partial charge in [-0.2, -0.15) is 0 Å². The molecule has 0 aromatic heterocycles. The summed E-state index contributed by atoms with van der Waals surface area (Å²) in [5.74, 6) is -1.08. The van der Waals surface area contributed by atoms with Crippen LogP contribution in [0.25, 0.3) is 0 Å². The van der Waals surface area contributed by atoms with Crippen molar-refractivity contribution >= 4 is 11.9 Å². The summed E-state index contributed by atoms with van der Waals surface area (Å²) < 4.78 is 14.3. The van der Waals surface area contributed by atoms with E-state index in [4.69, 9.17) is 9.47 Å². The lowest BCUT2D eigenvalue weighted by Crippen LogP contribution is -2.20. The highest BCUT2D eigenvalue weighted by Gasteiger charge is 2.05. The van der Waals surface area contributed by atoms with E-state index in [1.807, 2.05) is 0 Å². The molecule has 0 fully saturated rings. The predicted octanol–water partition coefficient (Wildman–Crippen LogP) is 0.807. The summed E-state index contributed by atoms with van der Waals surface area (Å²) in [7, 11) is 0. The summed E-state index contributed by atoms with van der Waals surface area (Å²) in [6.45, 7) is 8.02. The molecule has 0 saturated heterocycles. The average molecular weight is 214 g/mol. The van der Waals surface area contributed by atoms with Crippen molar-refractivity contribution in [2.24, 2.45) is 0 Å². The van der Waals surface area contributed by atoms with E-state index in [2.05, 4.69) is 17.9 Å². The third-order valence-electron chi connectivity index (χ3n) is 1.35. The summed E-state index contributed by atoms with van der Waals surface area (Å²) in [5.41, 5.74) is 0. The van der Waals surface area contributed by atoms with Gasteiger partial charge in [0.15, 0.2) is 6.79 Å². The van der Waals surface area contributed by atoms with E-state index >= 15 is 0 Å². The molecule has 5 heteroatoms. The summed E-state index contributed by atoms with van der Waals surface area (Å²) in [5, 5.41) is 0. The lowest BCUT2D eigenvalue weighted by Gasteiger charge is -2.12. The lowest BCUT2D eigenvalue weighted by molar-refractivity contribution is -0.160. The first-order valence-corrected chi connectivity index (χ1v) is 4.30. The van der Waals surface area contributed by atoms with E-state index in [0.717, 1.165) is 12.2 Å². The van der Waals surface area contributed by atoms with Gasteiger partial charge in [0.25, 0.3) is 0 Å². The molecule has 0 bridgehead atoms. The third-order valence-corrected chi connectivity index (χ3v) is 1.35. The quantitative estimate of drug-likeness (QED) is 0.356. The number of carbonyl (C=O) groups is 2. The Morgan fingerprint density at radius 1 is 1.20 bits per heavy atom. The normalized spacial score (nSPS) is 11.3. The molecular weight excluding hydrogens is 200 g/mol. The highest BCUT2D eigenvalue weighted by molar-refractivity contribution is 5.81. The molecule has 5 nitrogen and oxygen atoms in total. The molecule has 0 aromatic carbocycles. The molecule has 0 aliphatic rings. The molecule has 0 N–H and O–H groups in total. The van der Waals surface area contributed by atoms with Crippen molar-refractivity contribution in [1.82, 2.24) is 0 Å². The zero-order chi connectivity index (χ0) is 11.7. The van der Waals surface area contributed by atoms with Gasteiger partial charge >= 0.3 is 11.9 Å². The van der Waals surface area contributed by atoms with Crippen LogP contribution in [0.4, 0.5) is 0 Å². The molecule has 0 aromatic rings. The van der Waals surface area contributed by atoms with Crippen LogP contribution in [0, 0.1) is 0 Å². The molecule has 1 unspecified atom stereocenters. The molecule has 0 rings (SSSR count). The fourth-order valence-electron chi connectivity index (χ4n) is 0.574. The van der Waals surface area contributed by atoms with Gasteiger partial charge in [-0.25, -0.2) is 9.59 Å². The topological polar surface area (TPSA) is 61.8 Å². The maximum atomic E-state index is 10.7. The van der Waals surface area contributed by atoms with Crippen molar-refractivity contribution in [3.05, 3.63) is 25.3 Å². The Kier molecular flexibility index (Phi) is 6.92. The Balaban J connectivity index is 3.52. The minimum atomic E-state index is -0.565.